The van der Waals surface area contributed by atoms with Crippen molar-refractivity contribution in [3.63, 3.8) is 0 Å². The van der Waals surface area contributed by atoms with E-state index in [2.05, 4.69) is 16.0 Å². The molecule has 1 atom stereocenters. The number of amides is 1. The summed E-state index contributed by atoms with van der Waals surface area (Å²) in [5.74, 6) is 1.17. The fourth-order valence-electron chi connectivity index (χ4n) is 3.96. The van der Waals surface area contributed by atoms with Gasteiger partial charge in [0.2, 0.25) is 5.91 Å². The van der Waals surface area contributed by atoms with Crippen molar-refractivity contribution in [3.8, 4) is 6.07 Å². The van der Waals surface area contributed by atoms with Gasteiger partial charge < -0.3 is 9.80 Å². The van der Waals surface area contributed by atoms with Crippen molar-refractivity contribution in [2.45, 2.75) is 19.8 Å². The quantitative estimate of drug-likeness (QED) is 0.848. The molecule has 2 aromatic rings. The fraction of sp³-hybridized carbons (Fsp3) is 0.350. The van der Waals surface area contributed by atoms with Gasteiger partial charge in [0.25, 0.3) is 0 Å². The molecule has 0 aliphatic carbocycles. The van der Waals surface area contributed by atoms with Crippen LogP contribution in [0.1, 0.15) is 24.1 Å². The lowest BCUT2D eigenvalue weighted by atomic mass is 9.86. The molecule has 0 unspecified atom stereocenters. The summed E-state index contributed by atoms with van der Waals surface area (Å²) in [6.45, 7) is 4.54. The molecule has 2 aliphatic heterocycles. The van der Waals surface area contributed by atoms with Crippen molar-refractivity contribution < 1.29 is 4.79 Å². The van der Waals surface area contributed by atoms with Gasteiger partial charge in [-0.1, -0.05) is 6.07 Å². The Morgan fingerprint density at radius 1 is 1.16 bits per heavy atom. The van der Waals surface area contributed by atoms with E-state index in [-0.39, 0.29) is 11.3 Å². The number of hydrogen-bond donors (Lipinski definition) is 0. The number of anilines is 2. The number of pyridine rings is 1. The smallest absolute Gasteiger partial charge is 0.227 e. The number of carbonyl (C=O) groups is 1. The van der Waals surface area contributed by atoms with Gasteiger partial charge in [-0.2, -0.15) is 5.26 Å². The highest BCUT2D eigenvalue weighted by Crippen LogP contribution is 2.42. The maximum absolute atomic E-state index is 12.6. The van der Waals surface area contributed by atoms with Crippen LogP contribution in [0.5, 0.6) is 0 Å². The monoisotopic (exact) mass is 332 g/mol. The first-order valence-electron chi connectivity index (χ1n) is 8.58. The Bertz CT molecular complexity index is 855. The van der Waals surface area contributed by atoms with E-state index >= 15 is 0 Å². The molecule has 0 radical (unpaired) electrons. The highest BCUT2D eigenvalue weighted by Gasteiger charge is 2.48. The predicted octanol–water partition coefficient (Wildman–Crippen LogP) is 2.90. The first-order chi connectivity index (χ1) is 12.1. The van der Waals surface area contributed by atoms with Crippen molar-refractivity contribution in [1.29, 1.82) is 5.26 Å². The lowest BCUT2D eigenvalue weighted by molar-refractivity contribution is -0.117. The lowest BCUT2D eigenvalue weighted by Gasteiger charge is -2.24. The van der Waals surface area contributed by atoms with Crippen molar-refractivity contribution >= 4 is 17.4 Å². The number of nitriles is 1. The van der Waals surface area contributed by atoms with Crippen molar-refractivity contribution in [2.24, 2.45) is 5.41 Å². The molecule has 0 bridgehead atoms. The van der Waals surface area contributed by atoms with Crippen LogP contribution < -0.4 is 9.80 Å². The molecule has 1 aromatic carbocycles. The van der Waals surface area contributed by atoms with Crippen LogP contribution in [0.3, 0.4) is 0 Å². The van der Waals surface area contributed by atoms with Gasteiger partial charge in [-0.15, -0.1) is 0 Å². The summed E-state index contributed by atoms with van der Waals surface area (Å²) < 4.78 is 0. The Morgan fingerprint density at radius 3 is 2.68 bits per heavy atom. The van der Waals surface area contributed by atoms with Crippen molar-refractivity contribution in [3.05, 3.63) is 53.7 Å². The second kappa shape index (κ2) is 5.89. The van der Waals surface area contributed by atoms with E-state index in [0.717, 1.165) is 43.3 Å². The molecule has 1 amide bonds. The highest BCUT2D eigenvalue weighted by atomic mass is 16.2. The van der Waals surface area contributed by atoms with Crippen LogP contribution in [-0.4, -0.2) is 30.5 Å². The number of benzene rings is 1. The fourth-order valence-corrected chi connectivity index (χ4v) is 3.96. The first-order valence-corrected chi connectivity index (χ1v) is 8.58. The molecule has 4 rings (SSSR count). The summed E-state index contributed by atoms with van der Waals surface area (Å²) in [4.78, 5) is 21.4. The van der Waals surface area contributed by atoms with E-state index < -0.39 is 0 Å². The molecule has 5 nitrogen and oxygen atoms in total. The molecule has 5 heteroatoms. The molecule has 25 heavy (non-hydrogen) atoms. The van der Waals surface area contributed by atoms with Crippen molar-refractivity contribution in [2.75, 3.05) is 29.4 Å². The molecule has 2 fully saturated rings. The van der Waals surface area contributed by atoms with Gasteiger partial charge in [-0.05, 0) is 49.7 Å². The van der Waals surface area contributed by atoms with Gasteiger partial charge >= 0.3 is 0 Å². The van der Waals surface area contributed by atoms with E-state index in [0.29, 0.717) is 12.0 Å². The summed E-state index contributed by atoms with van der Waals surface area (Å²) >= 11 is 0. The van der Waals surface area contributed by atoms with E-state index in [4.69, 9.17) is 5.26 Å². The minimum Gasteiger partial charge on any atom is -0.356 e. The molecule has 2 aliphatic rings. The Kier molecular flexibility index (Phi) is 3.69. The summed E-state index contributed by atoms with van der Waals surface area (Å²) in [6.07, 6.45) is 1.58. The molecule has 0 N–H and O–H groups in total. The molecule has 1 spiro atoms. The van der Waals surface area contributed by atoms with Gasteiger partial charge in [0.15, 0.2) is 0 Å². The van der Waals surface area contributed by atoms with E-state index in [1.807, 2.05) is 42.2 Å². The van der Waals surface area contributed by atoms with E-state index in [1.54, 1.807) is 12.1 Å². The zero-order chi connectivity index (χ0) is 17.4. The number of aromatic nitrogens is 1. The Labute approximate surface area is 147 Å². The van der Waals surface area contributed by atoms with Gasteiger partial charge in [0.1, 0.15) is 5.82 Å². The lowest BCUT2D eigenvalue weighted by Crippen LogP contribution is -2.31. The molecule has 2 saturated heterocycles. The van der Waals surface area contributed by atoms with Crippen LogP contribution in [-0.2, 0) is 4.79 Å². The van der Waals surface area contributed by atoms with E-state index in [1.165, 1.54) is 0 Å². The maximum atomic E-state index is 12.6. The second-order valence-corrected chi connectivity index (χ2v) is 7.12. The number of hydrogen-bond acceptors (Lipinski definition) is 4. The number of aryl methyl sites for hydroxylation is 1. The van der Waals surface area contributed by atoms with Crippen LogP contribution >= 0.6 is 0 Å². The predicted molar refractivity (Wildman–Crippen MR) is 96.4 cm³/mol. The first kappa shape index (κ1) is 15.6. The minimum absolute atomic E-state index is 0.00356. The molecule has 0 saturated carbocycles. The SMILES string of the molecule is Cc1cccc(N2CC[C@]3(CC(=O)N(c4ccc(C#N)cc4)C3)C2)n1. The van der Waals surface area contributed by atoms with Gasteiger partial charge in [0.05, 0.1) is 11.6 Å². The molecular formula is C20H20N4O. The maximum Gasteiger partial charge on any atom is 0.227 e. The van der Waals surface area contributed by atoms with E-state index in [9.17, 15) is 4.79 Å². The van der Waals surface area contributed by atoms with Crippen LogP contribution in [0.2, 0.25) is 0 Å². The molecule has 126 valence electrons. The normalized spacial score (nSPS) is 22.6. The minimum atomic E-state index is -0.00356. The van der Waals surface area contributed by atoms with Crippen LogP contribution in [0.25, 0.3) is 0 Å². The molecule has 1 aromatic heterocycles. The van der Waals surface area contributed by atoms with Crippen molar-refractivity contribution in [1.82, 2.24) is 4.98 Å². The highest BCUT2D eigenvalue weighted by molar-refractivity contribution is 5.96. The average molecular weight is 332 g/mol. The number of rotatable bonds is 2. The van der Waals surface area contributed by atoms with Gasteiger partial charge in [0, 0.05) is 42.9 Å². The average Bonchev–Trinajstić information content (AvgIpc) is 3.18. The number of carbonyl (C=O) groups excluding carboxylic acids is 1. The molecular weight excluding hydrogens is 312 g/mol. The number of nitrogens with zero attached hydrogens (tertiary/aromatic N) is 4. The van der Waals surface area contributed by atoms with Gasteiger partial charge in [-0.3, -0.25) is 4.79 Å². The zero-order valence-corrected chi connectivity index (χ0v) is 14.3. The van der Waals surface area contributed by atoms with Gasteiger partial charge in [-0.25, -0.2) is 4.98 Å². The summed E-state index contributed by atoms with van der Waals surface area (Å²) in [6, 6.07) is 15.5. The topological polar surface area (TPSA) is 60.2 Å². The second-order valence-electron chi connectivity index (χ2n) is 7.12. The molecule has 3 heterocycles. The van der Waals surface area contributed by atoms with Crippen LogP contribution in [0.4, 0.5) is 11.5 Å². The Morgan fingerprint density at radius 2 is 1.96 bits per heavy atom. The zero-order valence-electron chi connectivity index (χ0n) is 14.3. The largest absolute Gasteiger partial charge is 0.356 e. The third-order valence-electron chi connectivity index (χ3n) is 5.26. The standard InChI is InChI=1S/C20H20N4O/c1-15-3-2-4-18(22-15)23-10-9-20(13-23)11-19(25)24(14-20)17-7-5-16(12-21)6-8-17/h2-8H,9-11,13-14H2,1H3/t20-/m0/s1. The Balaban J connectivity index is 1.52. The summed E-state index contributed by atoms with van der Waals surface area (Å²) in [5, 5.41) is 8.93. The summed E-state index contributed by atoms with van der Waals surface area (Å²) in [7, 11) is 0. The van der Waals surface area contributed by atoms with Crippen LogP contribution in [0.15, 0.2) is 42.5 Å². The third kappa shape index (κ3) is 2.85. The Hall–Kier alpha value is -2.87. The third-order valence-corrected chi connectivity index (χ3v) is 5.26. The summed E-state index contributed by atoms with van der Waals surface area (Å²) in [5.41, 5.74) is 2.51. The van der Waals surface area contributed by atoms with Crippen LogP contribution in [0, 0.1) is 23.7 Å².